The summed E-state index contributed by atoms with van der Waals surface area (Å²) in [5, 5.41) is 4.86. The lowest BCUT2D eigenvalue weighted by Gasteiger charge is -2.19. The Morgan fingerprint density at radius 2 is 1.94 bits per heavy atom. The van der Waals surface area contributed by atoms with E-state index in [1.54, 1.807) is 6.07 Å². The van der Waals surface area contributed by atoms with E-state index in [1.807, 2.05) is 18.2 Å². The molecular weight excluding hydrogens is 253 g/mol. The third-order valence-electron chi connectivity index (χ3n) is 2.22. The molecule has 0 saturated carbocycles. The first kappa shape index (κ1) is 14.6. The molecule has 1 rings (SSSR count). The summed E-state index contributed by atoms with van der Waals surface area (Å²) in [6.07, 6.45) is 5.09. The first-order valence-electron chi connectivity index (χ1n) is 5.75. The fourth-order valence-corrected chi connectivity index (χ4v) is 1.74. The Morgan fingerprint density at radius 1 is 1.24 bits per heavy atom. The van der Waals surface area contributed by atoms with Gasteiger partial charge in [0.15, 0.2) is 0 Å². The van der Waals surface area contributed by atoms with Gasteiger partial charge in [-0.3, -0.25) is 0 Å². The average molecular weight is 272 g/mol. The first-order valence-corrected chi connectivity index (χ1v) is 6.51. The molecule has 94 valence electrons. The maximum absolute atomic E-state index is 6.06. The molecule has 0 aliphatic carbocycles. The summed E-state index contributed by atoms with van der Waals surface area (Å²) in [4.78, 5) is 0. The molecule has 1 nitrogen and oxygen atoms in total. The van der Waals surface area contributed by atoms with Crippen molar-refractivity contribution in [1.29, 1.82) is 0 Å². The van der Waals surface area contributed by atoms with Gasteiger partial charge in [0, 0.05) is 15.6 Å². The molecule has 0 spiro atoms. The summed E-state index contributed by atoms with van der Waals surface area (Å²) >= 11 is 12.0. The van der Waals surface area contributed by atoms with Crippen molar-refractivity contribution in [3.63, 3.8) is 0 Å². The van der Waals surface area contributed by atoms with Crippen molar-refractivity contribution in [3.8, 4) is 0 Å². The molecule has 0 amide bonds. The summed E-state index contributed by atoms with van der Waals surface area (Å²) in [5.41, 5.74) is 1.14. The Balaban J connectivity index is 2.46. The lowest BCUT2D eigenvalue weighted by molar-refractivity contribution is 0.431. The second-order valence-corrected chi connectivity index (χ2v) is 5.88. The molecule has 1 N–H and O–H groups in total. The highest BCUT2D eigenvalue weighted by atomic mass is 35.5. The quantitative estimate of drug-likeness (QED) is 0.777. The molecule has 1 aromatic rings. The number of halogens is 2. The highest BCUT2D eigenvalue weighted by molar-refractivity contribution is 6.34. The topological polar surface area (TPSA) is 12.0 Å². The highest BCUT2D eigenvalue weighted by Crippen LogP contribution is 2.21. The predicted molar refractivity (Wildman–Crippen MR) is 77.9 cm³/mol. The Hall–Kier alpha value is -0.500. The molecule has 0 radical (unpaired) electrons. The van der Waals surface area contributed by atoms with Gasteiger partial charge in [0.1, 0.15) is 0 Å². The second-order valence-electron chi connectivity index (χ2n) is 5.03. The molecule has 0 aromatic heterocycles. The van der Waals surface area contributed by atoms with Crippen molar-refractivity contribution in [2.75, 3.05) is 6.54 Å². The zero-order chi connectivity index (χ0) is 12.9. The van der Waals surface area contributed by atoms with Crippen LogP contribution in [0.5, 0.6) is 0 Å². The van der Waals surface area contributed by atoms with Crippen LogP contribution in [0.3, 0.4) is 0 Å². The molecule has 0 atom stereocenters. The van der Waals surface area contributed by atoms with Crippen LogP contribution in [0, 0.1) is 0 Å². The van der Waals surface area contributed by atoms with E-state index in [1.165, 1.54) is 0 Å². The van der Waals surface area contributed by atoms with E-state index < -0.39 is 0 Å². The van der Waals surface area contributed by atoms with E-state index in [2.05, 4.69) is 32.2 Å². The smallest absolute Gasteiger partial charge is 0.0479 e. The normalized spacial score (nSPS) is 12.3. The van der Waals surface area contributed by atoms with Gasteiger partial charge < -0.3 is 5.32 Å². The third kappa shape index (κ3) is 6.11. The van der Waals surface area contributed by atoms with Gasteiger partial charge >= 0.3 is 0 Å². The fraction of sp³-hybridized carbons (Fsp3) is 0.429. The molecule has 1 aromatic carbocycles. The van der Waals surface area contributed by atoms with Crippen molar-refractivity contribution < 1.29 is 0 Å². The van der Waals surface area contributed by atoms with Crippen molar-refractivity contribution in [2.45, 2.75) is 32.7 Å². The van der Waals surface area contributed by atoms with E-state index >= 15 is 0 Å². The minimum absolute atomic E-state index is 0.168. The van der Waals surface area contributed by atoms with Gasteiger partial charge in [0.25, 0.3) is 0 Å². The number of hydrogen-bond acceptors (Lipinski definition) is 1. The van der Waals surface area contributed by atoms with Gasteiger partial charge in [-0.2, -0.15) is 0 Å². The molecule has 3 heteroatoms. The van der Waals surface area contributed by atoms with Crippen LogP contribution in [-0.4, -0.2) is 12.1 Å². The molecule has 17 heavy (non-hydrogen) atoms. The largest absolute Gasteiger partial charge is 0.312 e. The molecule has 0 aliphatic rings. The van der Waals surface area contributed by atoms with Crippen LogP contribution >= 0.6 is 23.2 Å². The monoisotopic (exact) mass is 271 g/mol. The molecule has 0 fully saturated rings. The maximum atomic E-state index is 6.06. The Morgan fingerprint density at radius 3 is 2.59 bits per heavy atom. The van der Waals surface area contributed by atoms with Crippen LogP contribution in [0.15, 0.2) is 24.3 Å². The molecule has 0 aliphatic heterocycles. The molecule has 0 bridgehead atoms. The maximum Gasteiger partial charge on any atom is 0.0479 e. The van der Waals surface area contributed by atoms with E-state index in [0.29, 0.717) is 5.02 Å². The van der Waals surface area contributed by atoms with Gasteiger partial charge in [-0.1, -0.05) is 35.4 Å². The molecule has 0 heterocycles. The number of nitrogens with one attached hydrogen (secondary N) is 1. The number of benzene rings is 1. The van der Waals surface area contributed by atoms with Crippen molar-refractivity contribution >= 4 is 29.3 Å². The highest BCUT2D eigenvalue weighted by Gasteiger charge is 2.06. The zero-order valence-electron chi connectivity index (χ0n) is 10.6. The first-order chi connectivity index (χ1) is 7.88. The predicted octanol–water partition coefficient (Wildman–Crippen LogP) is 4.78. The minimum atomic E-state index is 0.168. The van der Waals surface area contributed by atoms with Crippen LogP contribution in [0.2, 0.25) is 10.0 Å². The zero-order valence-corrected chi connectivity index (χ0v) is 12.1. The lowest BCUT2D eigenvalue weighted by Crippen LogP contribution is -2.36. The fourth-order valence-electron chi connectivity index (χ4n) is 1.38. The Bertz CT molecular complexity index is 392. The second kappa shape index (κ2) is 6.44. The van der Waals surface area contributed by atoms with Gasteiger partial charge in [-0.25, -0.2) is 0 Å². The number of rotatable bonds is 4. The van der Waals surface area contributed by atoms with E-state index in [0.717, 1.165) is 23.6 Å². The molecule has 0 unspecified atom stereocenters. The summed E-state index contributed by atoms with van der Waals surface area (Å²) in [7, 11) is 0. The van der Waals surface area contributed by atoms with Crippen LogP contribution in [0.1, 0.15) is 32.8 Å². The molecule has 0 saturated heterocycles. The summed E-state index contributed by atoms with van der Waals surface area (Å²) in [6.45, 7) is 7.43. The van der Waals surface area contributed by atoms with Crippen LogP contribution in [0.4, 0.5) is 0 Å². The van der Waals surface area contributed by atoms with E-state index in [-0.39, 0.29) is 5.54 Å². The van der Waals surface area contributed by atoms with Crippen LogP contribution in [-0.2, 0) is 0 Å². The summed E-state index contributed by atoms with van der Waals surface area (Å²) < 4.78 is 0. The van der Waals surface area contributed by atoms with E-state index in [4.69, 9.17) is 23.2 Å². The van der Waals surface area contributed by atoms with Crippen molar-refractivity contribution in [3.05, 3.63) is 39.9 Å². The molecular formula is C14H19Cl2N. The average Bonchev–Trinajstić information content (AvgIpc) is 2.21. The third-order valence-corrected chi connectivity index (χ3v) is 2.80. The summed E-state index contributed by atoms with van der Waals surface area (Å²) in [6, 6.07) is 5.48. The number of hydrogen-bond donors (Lipinski definition) is 1. The van der Waals surface area contributed by atoms with Crippen LogP contribution < -0.4 is 5.32 Å². The lowest BCUT2D eigenvalue weighted by atomic mass is 10.1. The SMILES string of the molecule is CC(C)(C)NCCC=Cc1cc(Cl)ccc1Cl. The Kier molecular flexibility index (Phi) is 5.51. The van der Waals surface area contributed by atoms with Gasteiger partial charge in [0.2, 0.25) is 0 Å². The minimum Gasteiger partial charge on any atom is -0.312 e. The van der Waals surface area contributed by atoms with Gasteiger partial charge in [0.05, 0.1) is 0 Å². The van der Waals surface area contributed by atoms with Gasteiger partial charge in [-0.15, -0.1) is 0 Å². The van der Waals surface area contributed by atoms with Gasteiger partial charge in [-0.05, 0) is 57.5 Å². The standard InChI is InChI=1S/C14H19Cl2N/c1-14(2,3)17-9-5-4-6-11-10-12(15)7-8-13(11)16/h4,6-8,10,17H,5,9H2,1-3H3. The summed E-state index contributed by atoms with van der Waals surface area (Å²) in [5.74, 6) is 0. The Labute approximate surface area is 114 Å². The van der Waals surface area contributed by atoms with Crippen molar-refractivity contribution in [1.82, 2.24) is 5.32 Å². The van der Waals surface area contributed by atoms with Crippen molar-refractivity contribution in [2.24, 2.45) is 0 Å². The van der Waals surface area contributed by atoms with Crippen LogP contribution in [0.25, 0.3) is 6.08 Å². The van der Waals surface area contributed by atoms with E-state index in [9.17, 15) is 0 Å².